The number of hydrogen-bond donors (Lipinski definition) is 0. The van der Waals surface area contributed by atoms with E-state index in [-0.39, 0.29) is 0 Å². The standard InChI is InChI=1S/C54H35NS2/c1-4-11-36(12-5-1)38-19-21-40(22-20-38)46-17-10-18-48-47-30-25-42(34-53(47)57-54(46)48)41-26-31-51-49(33-41)50-35-45(29-32-52(50)56-51)55(43-15-8-3-9-16-43)44-27-23-39(24-28-44)37-13-6-2-7-14-37/h1-35H. The van der Waals surface area contributed by atoms with Crippen LogP contribution in [0.25, 0.3) is 84.9 Å². The Hall–Kier alpha value is -6.78. The molecule has 0 radical (unpaired) electrons. The lowest BCUT2D eigenvalue weighted by atomic mass is 9.98. The summed E-state index contributed by atoms with van der Waals surface area (Å²) >= 11 is 3.76. The number of para-hydroxylation sites is 1. The normalized spacial score (nSPS) is 11.5. The fraction of sp³-hybridized carbons (Fsp3) is 0. The van der Waals surface area contributed by atoms with Gasteiger partial charge in [-0.25, -0.2) is 0 Å². The third kappa shape index (κ3) is 6.09. The first-order valence-electron chi connectivity index (χ1n) is 19.3. The molecule has 9 aromatic carbocycles. The topological polar surface area (TPSA) is 3.24 Å². The van der Waals surface area contributed by atoms with Crippen molar-refractivity contribution in [2.75, 3.05) is 4.90 Å². The molecule has 0 bridgehead atoms. The first-order chi connectivity index (χ1) is 28.2. The molecule has 3 heteroatoms. The van der Waals surface area contributed by atoms with Crippen molar-refractivity contribution in [3.63, 3.8) is 0 Å². The van der Waals surface area contributed by atoms with Gasteiger partial charge in [0, 0.05) is 57.4 Å². The fourth-order valence-corrected chi connectivity index (χ4v) is 10.6. The molecule has 57 heavy (non-hydrogen) atoms. The second-order valence-corrected chi connectivity index (χ2v) is 16.7. The minimum Gasteiger partial charge on any atom is -0.310 e. The maximum atomic E-state index is 2.40. The van der Waals surface area contributed by atoms with Crippen LogP contribution in [0.15, 0.2) is 212 Å². The maximum absolute atomic E-state index is 2.40. The van der Waals surface area contributed by atoms with Crippen molar-refractivity contribution in [1.82, 2.24) is 0 Å². The summed E-state index contributed by atoms with van der Waals surface area (Å²) in [5.74, 6) is 0. The number of fused-ring (bicyclic) bond motifs is 6. The summed E-state index contributed by atoms with van der Waals surface area (Å²) in [6, 6.07) is 77.4. The second kappa shape index (κ2) is 14.1. The van der Waals surface area contributed by atoms with E-state index in [4.69, 9.17) is 0 Å². The van der Waals surface area contributed by atoms with Crippen LogP contribution in [-0.2, 0) is 0 Å². The maximum Gasteiger partial charge on any atom is 0.0468 e. The highest BCUT2D eigenvalue weighted by atomic mass is 32.1. The average Bonchev–Trinajstić information content (AvgIpc) is 3.85. The van der Waals surface area contributed by atoms with Gasteiger partial charge in [0.2, 0.25) is 0 Å². The largest absolute Gasteiger partial charge is 0.310 e. The van der Waals surface area contributed by atoms with Crippen molar-refractivity contribution in [2.45, 2.75) is 0 Å². The van der Waals surface area contributed by atoms with Gasteiger partial charge in [-0.3, -0.25) is 0 Å². The molecule has 2 aromatic heterocycles. The average molecular weight is 762 g/mol. The predicted octanol–water partition coefficient (Wildman–Crippen LogP) is 16.6. The molecule has 0 aliphatic heterocycles. The van der Waals surface area contributed by atoms with Gasteiger partial charge in [0.05, 0.1) is 0 Å². The number of hydrogen-bond acceptors (Lipinski definition) is 3. The van der Waals surface area contributed by atoms with Gasteiger partial charge in [-0.1, -0.05) is 152 Å². The van der Waals surface area contributed by atoms with Crippen LogP contribution in [-0.4, -0.2) is 0 Å². The molecule has 0 aliphatic rings. The lowest BCUT2D eigenvalue weighted by molar-refractivity contribution is 1.29. The lowest BCUT2D eigenvalue weighted by Gasteiger charge is -2.26. The third-order valence-electron chi connectivity index (χ3n) is 11.1. The first-order valence-corrected chi connectivity index (χ1v) is 21.0. The van der Waals surface area contributed by atoms with Gasteiger partial charge in [-0.2, -0.15) is 0 Å². The van der Waals surface area contributed by atoms with E-state index in [1.165, 1.54) is 84.9 Å². The molecular weight excluding hydrogens is 727 g/mol. The van der Waals surface area contributed by atoms with Gasteiger partial charge in [0.15, 0.2) is 0 Å². The van der Waals surface area contributed by atoms with Crippen LogP contribution in [0.4, 0.5) is 17.1 Å². The van der Waals surface area contributed by atoms with Gasteiger partial charge in [0.25, 0.3) is 0 Å². The van der Waals surface area contributed by atoms with Crippen LogP contribution in [0.2, 0.25) is 0 Å². The molecule has 0 saturated carbocycles. The highest BCUT2D eigenvalue weighted by Crippen LogP contribution is 2.44. The van der Waals surface area contributed by atoms with Crippen LogP contribution in [0.3, 0.4) is 0 Å². The van der Waals surface area contributed by atoms with Crippen LogP contribution in [0, 0.1) is 0 Å². The highest BCUT2D eigenvalue weighted by molar-refractivity contribution is 7.26. The zero-order valence-electron chi connectivity index (χ0n) is 31.0. The fourth-order valence-electron chi connectivity index (χ4n) is 8.22. The third-order valence-corrected chi connectivity index (χ3v) is 13.4. The quantitative estimate of drug-likeness (QED) is 0.156. The summed E-state index contributed by atoms with van der Waals surface area (Å²) in [7, 11) is 0. The molecule has 0 fully saturated rings. The second-order valence-electron chi connectivity index (χ2n) is 14.5. The molecule has 11 rings (SSSR count). The Bertz CT molecular complexity index is 3200. The molecule has 0 saturated heterocycles. The molecular formula is C54H35NS2. The monoisotopic (exact) mass is 761 g/mol. The molecule has 0 aliphatic carbocycles. The van der Waals surface area contributed by atoms with Crippen LogP contribution in [0.5, 0.6) is 0 Å². The number of nitrogens with zero attached hydrogens (tertiary/aromatic N) is 1. The Morgan fingerprint density at radius 3 is 1.47 bits per heavy atom. The SMILES string of the molecule is c1ccc(-c2ccc(-c3cccc4c3sc3cc(-c5ccc6sc7ccc(N(c8ccccc8)c8ccc(-c9ccccc9)cc8)cc7c6c5)ccc34)cc2)cc1. The minimum absolute atomic E-state index is 1.13. The van der Waals surface area contributed by atoms with Crippen molar-refractivity contribution >= 4 is 80.1 Å². The van der Waals surface area contributed by atoms with Gasteiger partial charge < -0.3 is 4.90 Å². The highest BCUT2D eigenvalue weighted by Gasteiger charge is 2.17. The number of thiophene rings is 2. The molecule has 0 unspecified atom stereocenters. The molecule has 0 amide bonds. The van der Waals surface area contributed by atoms with Crippen LogP contribution in [0.1, 0.15) is 0 Å². The Morgan fingerprint density at radius 1 is 0.263 bits per heavy atom. The zero-order chi connectivity index (χ0) is 37.7. The Balaban J connectivity index is 0.966. The summed E-state index contributed by atoms with van der Waals surface area (Å²) in [6.07, 6.45) is 0. The van der Waals surface area contributed by atoms with E-state index in [0.29, 0.717) is 0 Å². The minimum atomic E-state index is 1.13. The molecule has 2 heterocycles. The first kappa shape index (κ1) is 33.5. The Kier molecular flexibility index (Phi) is 8.28. The van der Waals surface area contributed by atoms with Crippen LogP contribution < -0.4 is 4.90 Å². The lowest BCUT2D eigenvalue weighted by Crippen LogP contribution is -2.09. The van der Waals surface area contributed by atoms with Gasteiger partial charge in [-0.05, 0) is 105 Å². The molecule has 0 spiro atoms. The number of benzene rings is 9. The Morgan fingerprint density at radius 2 is 0.772 bits per heavy atom. The van der Waals surface area contributed by atoms with E-state index >= 15 is 0 Å². The van der Waals surface area contributed by atoms with Crippen molar-refractivity contribution in [2.24, 2.45) is 0 Å². The summed E-state index contributed by atoms with van der Waals surface area (Å²) in [5.41, 5.74) is 13.3. The molecule has 1 nitrogen and oxygen atoms in total. The van der Waals surface area contributed by atoms with E-state index in [1.54, 1.807) is 0 Å². The summed E-state index contributed by atoms with van der Waals surface area (Å²) in [5, 5.41) is 5.20. The van der Waals surface area contributed by atoms with E-state index in [2.05, 4.69) is 217 Å². The summed E-state index contributed by atoms with van der Waals surface area (Å²) in [6.45, 7) is 0. The van der Waals surface area contributed by atoms with E-state index in [9.17, 15) is 0 Å². The van der Waals surface area contributed by atoms with Crippen molar-refractivity contribution in [1.29, 1.82) is 0 Å². The van der Waals surface area contributed by atoms with E-state index in [1.807, 2.05) is 22.7 Å². The van der Waals surface area contributed by atoms with Crippen LogP contribution >= 0.6 is 22.7 Å². The number of anilines is 3. The zero-order valence-corrected chi connectivity index (χ0v) is 32.6. The molecule has 0 N–H and O–H groups in total. The van der Waals surface area contributed by atoms with Crippen molar-refractivity contribution in [3.05, 3.63) is 212 Å². The van der Waals surface area contributed by atoms with Crippen molar-refractivity contribution < 1.29 is 0 Å². The predicted molar refractivity (Wildman–Crippen MR) is 249 cm³/mol. The van der Waals surface area contributed by atoms with E-state index in [0.717, 1.165) is 17.1 Å². The molecule has 268 valence electrons. The smallest absolute Gasteiger partial charge is 0.0468 e. The summed E-state index contributed by atoms with van der Waals surface area (Å²) < 4.78 is 5.24. The number of rotatable bonds is 7. The Labute approximate surface area is 340 Å². The summed E-state index contributed by atoms with van der Waals surface area (Å²) in [4.78, 5) is 2.36. The molecule has 11 aromatic rings. The van der Waals surface area contributed by atoms with Gasteiger partial charge in [-0.15, -0.1) is 22.7 Å². The van der Waals surface area contributed by atoms with Gasteiger partial charge >= 0.3 is 0 Å². The molecule has 0 atom stereocenters. The van der Waals surface area contributed by atoms with Crippen molar-refractivity contribution in [3.8, 4) is 44.5 Å². The van der Waals surface area contributed by atoms with E-state index < -0.39 is 0 Å². The van der Waals surface area contributed by atoms with Gasteiger partial charge in [0.1, 0.15) is 0 Å².